The highest BCUT2D eigenvalue weighted by Gasteiger charge is 2.35. The Hall–Kier alpha value is -3.94. The predicted molar refractivity (Wildman–Crippen MR) is 125 cm³/mol. The van der Waals surface area contributed by atoms with E-state index in [0.717, 1.165) is 4.90 Å². The lowest BCUT2D eigenvalue weighted by Gasteiger charge is -2.28. The number of hydrogen-bond donors (Lipinski definition) is 0. The number of rotatable bonds is 4. The first-order valence-electron chi connectivity index (χ1n) is 9.67. The molecule has 0 aliphatic carbocycles. The van der Waals surface area contributed by atoms with E-state index in [1.54, 1.807) is 36.4 Å². The van der Waals surface area contributed by atoms with Crippen molar-refractivity contribution < 1.29 is 19.2 Å². The molecule has 33 heavy (non-hydrogen) atoms. The molecule has 0 atom stereocenters. The second-order valence-corrected chi connectivity index (χ2v) is 8.05. The summed E-state index contributed by atoms with van der Waals surface area (Å²) in [6.45, 7) is 0. The lowest BCUT2D eigenvalue weighted by atomic mass is 9.93. The lowest BCUT2D eigenvalue weighted by molar-refractivity contribution is -0.385. The van der Waals surface area contributed by atoms with Crippen LogP contribution in [0.3, 0.4) is 0 Å². The molecule has 0 spiro atoms. The van der Waals surface area contributed by atoms with Crippen molar-refractivity contribution in [2.24, 2.45) is 0 Å². The molecule has 2 amide bonds. The first kappa shape index (κ1) is 20.9. The van der Waals surface area contributed by atoms with Gasteiger partial charge >= 0.3 is 5.69 Å². The van der Waals surface area contributed by atoms with E-state index in [9.17, 15) is 19.7 Å². The third-order valence-corrected chi connectivity index (χ3v) is 5.84. The average Bonchev–Trinajstić information content (AvgIpc) is 2.79. The quantitative estimate of drug-likeness (QED) is 0.186. The number of carbonyl (C=O) groups excluding carboxylic acids is 2. The van der Waals surface area contributed by atoms with Gasteiger partial charge in [0, 0.05) is 33.0 Å². The summed E-state index contributed by atoms with van der Waals surface area (Å²) in [6.07, 6.45) is 0. The topological polar surface area (TPSA) is 89.7 Å². The Kier molecular flexibility index (Phi) is 5.00. The summed E-state index contributed by atoms with van der Waals surface area (Å²) < 4.78 is 5.86. The highest BCUT2D eigenvalue weighted by atomic mass is 35.5. The zero-order valence-electron chi connectivity index (χ0n) is 16.6. The number of nitrogens with zero attached hydrogens (tertiary/aromatic N) is 2. The van der Waals surface area contributed by atoms with Gasteiger partial charge in [0.15, 0.2) is 0 Å². The molecule has 0 saturated heterocycles. The highest BCUT2D eigenvalue weighted by molar-refractivity contribution is 6.41. The molecule has 0 radical (unpaired) electrons. The van der Waals surface area contributed by atoms with Crippen LogP contribution < -0.4 is 9.64 Å². The highest BCUT2D eigenvalue weighted by Crippen LogP contribution is 2.41. The van der Waals surface area contributed by atoms with Gasteiger partial charge in [-0.1, -0.05) is 47.5 Å². The van der Waals surface area contributed by atoms with Crippen LogP contribution in [0.15, 0.2) is 72.8 Å². The number of nitro groups is 1. The Bertz CT molecular complexity index is 1480. The monoisotopic (exact) mass is 478 g/mol. The van der Waals surface area contributed by atoms with Crippen LogP contribution in [-0.4, -0.2) is 16.7 Å². The van der Waals surface area contributed by atoms with Gasteiger partial charge in [-0.3, -0.25) is 19.7 Å². The van der Waals surface area contributed by atoms with Crippen molar-refractivity contribution in [3.05, 3.63) is 104 Å². The number of carbonyl (C=O) groups is 2. The molecule has 0 bridgehead atoms. The van der Waals surface area contributed by atoms with E-state index in [1.807, 2.05) is 0 Å². The van der Waals surface area contributed by atoms with Crippen LogP contribution in [0.2, 0.25) is 10.0 Å². The van der Waals surface area contributed by atoms with E-state index < -0.39 is 16.7 Å². The van der Waals surface area contributed by atoms with Gasteiger partial charge in [-0.05, 0) is 42.5 Å². The molecule has 162 valence electrons. The number of anilines is 1. The van der Waals surface area contributed by atoms with Crippen LogP contribution in [-0.2, 0) is 0 Å². The first-order chi connectivity index (χ1) is 15.9. The van der Waals surface area contributed by atoms with Gasteiger partial charge in [-0.25, -0.2) is 4.90 Å². The van der Waals surface area contributed by atoms with E-state index in [1.165, 1.54) is 36.4 Å². The van der Waals surface area contributed by atoms with Crippen LogP contribution >= 0.6 is 23.2 Å². The number of amides is 2. The Morgan fingerprint density at radius 2 is 1.55 bits per heavy atom. The number of ether oxygens (including phenoxy) is 1. The maximum Gasteiger partial charge on any atom is 0.311 e. The lowest BCUT2D eigenvalue weighted by Crippen LogP contribution is -2.40. The van der Waals surface area contributed by atoms with Gasteiger partial charge in [0.05, 0.1) is 15.6 Å². The maximum absolute atomic E-state index is 13.3. The summed E-state index contributed by atoms with van der Waals surface area (Å²) in [7, 11) is 0. The van der Waals surface area contributed by atoms with Crippen molar-refractivity contribution in [1.29, 1.82) is 0 Å². The number of halogens is 2. The Balaban J connectivity index is 1.66. The zero-order valence-corrected chi connectivity index (χ0v) is 18.1. The molecule has 0 N–H and O–H groups in total. The van der Waals surface area contributed by atoms with Crippen LogP contribution in [0.5, 0.6) is 11.5 Å². The van der Waals surface area contributed by atoms with E-state index >= 15 is 0 Å². The third kappa shape index (κ3) is 3.38. The minimum atomic E-state index is -0.551. The molecule has 1 aliphatic rings. The fourth-order valence-electron chi connectivity index (χ4n) is 3.85. The van der Waals surface area contributed by atoms with Crippen LogP contribution in [0.25, 0.3) is 10.8 Å². The normalized spacial score (nSPS) is 12.8. The molecule has 1 heterocycles. The van der Waals surface area contributed by atoms with E-state index in [-0.39, 0.29) is 39.0 Å². The number of para-hydroxylation sites is 2. The molecule has 0 saturated carbocycles. The van der Waals surface area contributed by atoms with Gasteiger partial charge in [0.1, 0.15) is 5.75 Å². The van der Waals surface area contributed by atoms with E-state index in [2.05, 4.69) is 0 Å². The third-order valence-electron chi connectivity index (χ3n) is 5.30. The molecule has 4 aromatic carbocycles. The van der Waals surface area contributed by atoms with Gasteiger partial charge < -0.3 is 4.74 Å². The number of imide groups is 1. The Morgan fingerprint density at radius 3 is 2.27 bits per heavy atom. The number of nitro benzene ring substituents is 1. The molecular weight excluding hydrogens is 467 g/mol. The summed E-state index contributed by atoms with van der Waals surface area (Å²) >= 11 is 12.2. The smallest absolute Gasteiger partial charge is 0.311 e. The molecule has 4 aromatic rings. The molecule has 5 rings (SSSR count). The largest absolute Gasteiger partial charge is 0.449 e. The van der Waals surface area contributed by atoms with Gasteiger partial charge in [0.25, 0.3) is 11.8 Å². The van der Waals surface area contributed by atoms with Crippen LogP contribution in [0.1, 0.15) is 20.7 Å². The van der Waals surface area contributed by atoms with Crippen molar-refractivity contribution in [1.82, 2.24) is 0 Å². The minimum absolute atomic E-state index is 0.0474. The van der Waals surface area contributed by atoms with Gasteiger partial charge in [-0.15, -0.1) is 0 Å². The van der Waals surface area contributed by atoms with Gasteiger partial charge in [0.2, 0.25) is 5.75 Å². The molecule has 0 aromatic heterocycles. The summed E-state index contributed by atoms with van der Waals surface area (Å²) in [4.78, 5) is 38.5. The molecule has 0 fully saturated rings. The maximum atomic E-state index is 13.3. The van der Waals surface area contributed by atoms with Crippen molar-refractivity contribution in [2.75, 3.05) is 4.90 Å². The molecule has 7 nitrogen and oxygen atoms in total. The number of hydrogen-bond acceptors (Lipinski definition) is 5. The molecule has 9 heteroatoms. The van der Waals surface area contributed by atoms with Crippen molar-refractivity contribution in [3.8, 4) is 11.5 Å². The predicted octanol–water partition coefficient (Wildman–Crippen LogP) is 6.65. The Labute approximate surface area is 196 Å². The first-order valence-corrected chi connectivity index (χ1v) is 10.4. The second-order valence-electron chi connectivity index (χ2n) is 7.21. The van der Waals surface area contributed by atoms with Crippen molar-refractivity contribution >= 4 is 57.2 Å². The summed E-state index contributed by atoms with van der Waals surface area (Å²) in [5.74, 6) is -0.773. The standard InChI is InChI=1S/C24H12Cl2N2O5/c25-13-8-10-18(17(26)12-13)27-23(29)15-5-3-4-14-20(11-9-16(22(14)15)24(27)30)33-21-7-2-1-6-19(21)28(31)32/h1-12H. The SMILES string of the molecule is O=C1c2cccc3c(Oc4ccccc4[N+](=O)[O-])ccc(c23)C(=O)N1c1ccc(Cl)cc1Cl. The van der Waals surface area contributed by atoms with Crippen molar-refractivity contribution in [3.63, 3.8) is 0 Å². The minimum Gasteiger partial charge on any atom is -0.449 e. The fraction of sp³-hybridized carbons (Fsp3) is 0. The number of benzene rings is 4. The molecule has 0 unspecified atom stereocenters. The van der Waals surface area contributed by atoms with Crippen LogP contribution in [0, 0.1) is 10.1 Å². The summed E-state index contributed by atoms with van der Waals surface area (Å²) in [6, 6.07) is 18.5. The van der Waals surface area contributed by atoms with E-state index in [0.29, 0.717) is 15.8 Å². The van der Waals surface area contributed by atoms with Gasteiger partial charge in [-0.2, -0.15) is 0 Å². The van der Waals surface area contributed by atoms with Crippen LogP contribution in [0.4, 0.5) is 11.4 Å². The Morgan fingerprint density at radius 1 is 0.818 bits per heavy atom. The molecular formula is C24H12Cl2N2O5. The second kappa shape index (κ2) is 7.88. The summed E-state index contributed by atoms with van der Waals surface area (Å²) in [5.41, 5.74) is 0.579. The summed E-state index contributed by atoms with van der Waals surface area (Å²) in [5, 5.41) is 12.8. The van der Waals surface area contributed by atoms with Crippen molar-refractivity contribution in [2.45, 2.75) is 0 Å². The zero-order chi connectivity index (χ0) is 23.3. The fourth-order valence-corrected chi connectivity index (χ4v) is 4.35. The average molecular weight is 479 g/mol. The van der Waals surface area contributed by atoms with E-state index in [4.69, 9.17) is 27.9 Å². The molecule has 1 aliphatic heterocycles.